The predicted octanol–water partition coefficient (Wildman–Crippen LogP) is 3.29. The molecule has 2 atom stereocenters. The summed E-state index contributed by atoms with van der Waals surface area (Å²) < 4.78 is 0.838. The van der Waals surface area contributed by atoms with Crippen LogP contribution in [0.25, 0.3) is 0 Å². The van der Waals surface area contributed by atoms with E-state index in [0.29, 0.717) is 11.6 Å². The van der Waals surface area contributed by atoms with Crippen molar-refractivity contribution in [3.63, 3.8) is 0 Å². The zero-order valence-corrected chi connectivity index (χ0v) is 12.6. The summed E-state index contributed by atoms with van der Waals surface area (Å²) in [5.74, 6) is 0.229. The van der Waals surface area contributed by atoms with Gasteiger partial charge in [-0.15, -0.1) is 0 Å². The number of carbonyl (C=O) groups excluding carboxylic acids is 2. The third kappa shape index (κ3) is 1.84. The Morgan fingerprint density at radius 1 is 1.16 bits per heavy atom. The Bertz CT molecular complexity index is 545. The molecule has 1 aromatic rings. The van der Waals surface area contributed by atoms with Gasteiger partial charge in [0.05, 0.1) is 17.5 Å². The number of benzene rings is 1. The predicted molar refractivity (Wildman–Crippen MR) is 76.8 cm³/mol. The molecule has 2 aliphatic rings. The van der Waals surface area contributed by atoms with E-state index in [1.807, 2.05) is 25.1 Å². The monoisotopic (exact) mass is 321 g/mol. The van der Waals surface area contributed by atoms with Crippen molar-refractivity contribution >= 4 is 33.4 Å². The lowest BCUT2D eigenvalue weighted by Gasteiger charge is -2.19. The Hall–Kier alpha value is -1.16. The maximum absolute atomic E-state index is 12.5. The van der Waals surface area contributed by atoms with Gasteiger partial charge in [-0.1, -0.05) is 19.1 Å². The minimum Gasteiger partial charge on any atom is -0.274 e. The van der Waals surface area contributed by atoms with Crippen molar-refractivity contribution in [1.82, 2.24) is 0 Å². The largest absolute Gasteiger partial charge is 0.274 e. The Morgan fingerprint density at radius 2 is 1.74 bits per heavy atom. The van der Waals surface area contributed by atoms with Crippen LogP contribution < -0.4 is 4.90 Å². The van der Waals surface area contributed by atoms with Crippen LogP contribution in [-0.2, 0) is 9.59 Å². The number of amides is 2. The molecule has 2 unspecified atom stereocenters. The lowest BCUT2D eigenvalue weighted by molar-refractivity contribution is -0.123. The molecule has 19 heavy (non-hydrogen) atoms. The number of fused-ring (bicyclic) bond motifs is 1. The zero-order valence-electron chi connectivity index (χ0n) is 11.0. The van der Waals surface area contributed by atoms with Gasteiger partial charge >= 0.3 is 0 Å². The molecule has 100 valence electrons. The van der Waals surface area contributed by atoms with Crippen LogP contribution in [0.2, 0.25) is 0 Å². The molecule has 1 heterocycles. The fourth-order valence-electron chi connectivity index (χ4n) is 3.32. The number of imide groups is 1. The van der Waals surface area contributed by atoms with Crippen molar-refractivity contribution in [1.29, 1.82) is 0 Å². The van der Waals surface area contributed by atoms with E-state index in [1.54, 1.807) is 0 Å². The summed E-state index contributed by atoms with van der Waals surface area (Å²) in [6, 6.07) is 5.67. The van der Waals surface area contributed by atoms with Crippen LogP contribution in [0.3, 0.4) is 0 Å². The van der Waals surface area contributed by atoms with Crippen LogP contribution in [0, 0.1) is 24.7 Å². The van der Waals surface area contributed by atoms with E-state index in [9.17, 15) is 9.59 Å². The molecule has 1 aliphatic heterocycles. The second kappa shape index (κ2) is 4.44. The summed E-state index contributed by atoms with van der Waals surface area (Å²) in [7, 11) is 0. The molecule has 3 rings (SSSR count). The number of hydrogen-bond donors (Lipinski definition) is 0. The van der Waals surface area contributed by atoms with E-state index in [1.165, 1.54) is 4.90 Å². The summed E-state index contributed by atoms with van der Waals surface area (Å²) in [5.41, 5.74) is 1.72. The van der Waals surface area contributed by atoms with Crippen molar-refractivity contribution in [2.75, 3.05) is 4.90 Å². The second-order valence-corrected chi connectivity index (χ2v) is 6.50. The molecule has 0 spiro atoms. The van der Waals surface area contributed by atoms with Crippen LogP contribution in [0.5, 0.6) is 0 Å². The van der Waals surface area contributed by atoms with Gasteiger partial charge in [0.25, 0.3) is 0 Å². The van der Waals surface area contributed by atoms with Gasteiger partial charge in [-0.2, -0.15) is 0 Å². The lowest BCUT2D eigenvalue weighted by atomic mass is 10.00. The molecular weight excluding hydrogens is 306 g/mol. The standard InChI is InChI=1S/C15H16BrNO2/c1-8-6-10-11(7-8)15(19)17(14(10)18)12-5-3-4-9(2)13(12)16/h3-5,8,10-11H,6-7H2,1-2H3. The summed E-state index contributed by atoms with van der Waals surface area (Å²) in [4.78, 5) is 26.4. The number of anilines is 1. The fourth-order valence-corrected chi connectivity index (χ4v) is 3.76. The summed E-state index contributed by atoms with van der Waals surface area (Å²) in [6.07, 6.45) is 1.68. The first-order valence-electron chi connectivity index (χ1n) is 6.63. The van der Waals surface area contributed by atoms with E-state index in [-0.39, 0.29) is 23.7 Å². The fraction of sp³-hybridized carbons (Fsp3) is 0.467. The van der Waals surface area contributed by atoms with Crippen molar-refractivity contribution in [2.45, 2.75) is 26.7 Å². The molecule has 2 amide bonds. The van der Waals surface area contributed by atoms with Crippen LogP contribution in [-0.4, -0.2) is 11.8 Å². The SMILES string of the molecule is Cc1cccc(N2C(=O)C3CC(C)CC3C2=O)c1Br. The van der Waals surface area contributed by atoms with E-state index in [4.69, 9.17) is 0 Å². The normalized spacial score (nSPS) is 30.1. The van der Waals surface area contributed by atoms with Gasteiger partial charge < -0.3 is 0 Å². The number of nitrogens with zero attached hydrogens (tertiary/aromatic N) is 1. The molecule has 0 bridgehead atoms. The van der Waals surface area contributed by atoms with Gasteiger partial charge in [0.15, 0.2) is 0 Å². The third-order valence-corrected chi connectivity index (χ3v) is 5.32. The lowest BCUT2D eigenvalue weighted by Crippen LogP contribution is -2.32. The van der Waals surface area contributed by atoms with Crippen molar-refractivity contribution in [3.8, 4) is 0 Å². The molecule has 1 saturated heterocycles. The number of carbonyl (C=O) groups is 2. The molecule has 2 fully saturated rings. The van der Waals surface area contributed by atoms with Crippen molar-refractivity contribution < 1.29 is 9.59 Å². The minimum absolute atomic E-state index is 0.0225. The molecule has 0 N–H and O–H groups in total. The highest BCUT2D eigenvalue weighted by Crippen LogP contribution is 2.45. The second-order valence-electron chi connectivity index (χ2n) is 5.71. The molecule has 4 heteroatoms. The molecule has 0 aromatic heterocycles. The summed E-state index contributed by atoms with van der Waals surface area (Å²) in [6.45, 7) is 4.08. The van der Waals surface area contributed by atoms with E-state index < -0.39 is 0 Å². The first kappa shape index (κ1) is 12.9. The Labute approximate surface area is 121 Å². The number of halogens is 1. The zero-order chi connectivity index (χ0) is 13.7. The van der Waals surface area contributed by atoms with Crippen molar-refractivity contribution in [2.24, 2.45) is 17.8 Å². The highest BCUT2D eigenvalue weighted by Gasteiger charge is 2.52. The van der Waals surface area contributed by atoms with E-state index in [0.717, 1.165) is 22.9 Å². The third-order valence-electron chi connectivity index (χ3n) is 4.29. The molecule has 1 saturated carbocycles. The topological polar surface area (TPSA) is 37.4 Å². The maximum atomic E-state index is 12.5. The van der Waals surface area contributed by atoms with Gasteiger partial charge in [0.2, 0.25) is 11.8 Å². The van der Waals surface area contributed by atoms with Gasteiger partial charge in [0.1, 0.15) is 0 Å². The van der Waals surface area contributed by atoms with E-state index >= 15 is 0 Å². The average Bonchev–Trinajstić information content (AvgIpc) is 2.84. The Balaban J connectivity index is 2.01. The van der Waals surface area contributed by atoms with Gasteiger partial charge in [-0.05, 0) is 53.2 Å². The molecule has 1 aliphatic carbocycles. The number of aryl methyl sites for hydroxylation is 1. The summed E-state index contributed by atoms with van der Waals surface area (Å²) in [5, 5.41) is 0. The highest BCUT2D eigenvalue weighted by atomic mass is 79.9. The van der Waals surface area contributed by atoms with Gasteiger partial charge in [-0.25, -0.2) is 4.90 Å². The van der Waals surface area contributed by atoms with Gasteiger partial charge in [-0.3, -0.25) is 9.59 Å². The first-order chi connectivity index (χ1) is 9.00. The maximum Gasteiger partial charge on any atom is 0.237 e. The Morgan fingerprint density at radius 3 is 2.32 bits per heavy atom. The highest BCUT2D eigenvalue weighted by molar-refractivity contribution is 9.10. The van der Waals surface area contributed by atoms with Crippen molar-refractivity contribution in [3.05, 3.63) is 28.2 Å². The number of rotatable bonds is 1. The van der Waals surface area contributed by atoms with Crippen LogP contribution >= 0.6 is 15.9 Å². The van der Waals surface area contributed by atoms with Crippen LogP contribution in [0.15, 0.2) is 22.7 Å². The number of hydrogen-bond acceptors (Lipinski definition) is 2. The Kier molecular flexibility index (Phi) is 3.01. The molecular formula is C15H16BrNO2. The smallest absolute Gasteiger partial charge is 0.237 e. The quantitative estimate of drug-likeness (QED) is 0.744. The first-order valence-corrected chi connectivity index (χ1v) is 7.43. The summed E-state index contributed by atoms with van der Waals surface area (Å²) >= 11 is 3.49. The van der Waals surface area contributed by atoms with Crippen LogP contribution in [0.1, 0.15) is 25.3 Å². The molecule has 0 radical (unpaired) electrons. The molecule has 1 aromatic carbocycles. The molecule has 3 nitrogen and oxygen atoms in total. The van der Waals surface area contributed by atoms with Crippen LogP contribution in [0.4, 0.5) is 5.69 Å². The van der Waals surface area contributed by atoms with E-state index in [2.05, 4.69) is 22.9 Å². The van der Waals surface area contributed by atoms with Gasteiger partial charge in [0, 0.05) is 4.47 Å². The minimum atomic E-state index is -0.102. The average molecular weight is 322 g/mol.